The van der Waals surface area contributed by atoms with Crippen LogP contribution in [0.2, 0.25) is 0 Å². The van der Waals surface area contributed by atoms with Crippen LogP contribution < -0.4 is 14.8 Å². The van der Waals surface area contributed by atoms with E-state index in [1.54, 1.807) is 19.1 Å². The fourth-order valence-corrected chi connectivity index (χ4v) is 3.65. The quantitative estimate of drug-likeness (QED) is 0.709. The second kappa shape index (κ2) is 9.62. The predicted octanol–water partition coefficient (Wildman–Crippen LogP) is 2.82. The molecule has 2 amide bonds. The second-order valence-corrected chi connectivity index (χ2v) is 7.34. The van der Waals surface area contributed by atoms with Crippen molar-refractivity contribution in [2.24, 2.45) is 11.8 Å². The number of hydrogen-bond donors (Lipinski definition) is 1. The lowest BCUT2D eigenvalue weighted by molar-refractivity contribution is -0.133. The van der Waals surface area contributed by atoms with Gasteiger partial charge in [-0.1, -0.05) is 39.3 Å². The topological polar surface area (TPSA) is 67.9 Å². The van der Waals surface area contributed by atoms with Crippen molar-refractivity contribution in [2.75, 3.05) is 33.9 Å². The highest BCUT2D eigenvalue weighted by atomic mass is 16.5. The highest BCUT2D eigenvalue weighted by molar-refractivity contribution is 5.84. The van der Waals surface area contributed by atoms with Crippen LogP contribution in [0.4, 0.5) is 0 Å². The van der Waals surface area contributed by atoms with Gasteiger partial charge in [0.05, 0.1) is 20.1 Å². The summed E-state index contributed by atoms with van der Waals surface area (Å²) in [6.45, 7) is 7.46. The van der Waals surface area contributed by atoms with Crippen molar-refractivity contribution in [1.29, 1.82) is 0 Å². The third-order valence-electron chi connectivity index (χ3n) is 5.12. The minimum Gasteiger partial charge on any atom is -0.493 e. The first-order chi connectivity index (χ1) is 12.9. The summed E-state index contributed by atoms with van der Waals surface area (Å²) >= 11 is 0. The number of methoxy groups -OCH3 is 2. The molecular formula is C21H32N2O4. The predicted molar refractivity (Wildman–Crippen MR) is 105 cm³/mol. The Bertz CT molecular complexity index is 660. The summed E-state index contributed by atoms with van der Waals surface area (Å²) in [5.74, 6) is 0.816. The van der Waals surface area contributed by atoms with Gasteiger partial charge in [-0.25, -0.2) is 0 Å². The van der Waals surface area contributed by atoms with Crippen molar-refractivity contribution in [1.82, 2.24) is 10.2 Å². The van der Waals surface area contributed by atoms with Gasteiger partial charge < -0.3 is 19.7 Å². The first-order valence-electron chi connectivity index (χ1n) is 9.71. The molecule has 0 aliphatic carbocycles. The Hall–Kier alpha value is -2.24. The number of amides is 2. The van der Waals surface area contributed by atoms with Crippen LogP contribution in [-0.2, 0) is 9.59 Å². The minimum absolute atomic E-state index is 0.00243. The maximum atomic E-state index is 12.9. The van der Waals surface area contributed by atoms with E-state index in [4.69, 9.17) is 9.47 Å². The van der Waals surface area contributed by atoms with Crippen molar-refractivity contribution < 1.29 is 19.1 Å². The molecule has 1 aliphatic rings. The average Bonchev–Trinajstić information content (AvgIpc) is 3.11. The van der Waals surface area contributed by atoms with Crippen LogP contribution in [0.5, 0.6) is 11.5 Å². The molecule has 2 rings (SSSR count). The maximum absolute atomic E-state index is 12.9. The highest BCUT2D eigenvalue weighted by Crippen LogP contribution is 2.42. The summed E-state index contributed by atoms with van der Waals surface area (Å²) in [6, 6.07) is 5.70. The van der Waals surface area contributed by atoms with Crippen molar-refractivity contribution in [3.63, 3.8) is 0 Å². The molecule has 27 heavy (non-hydrogen) atoms. The molecule has 150 valence electrons. The first kappa shape index (κ1) is 21.1. The molecule has 6 nitrogen and oxygen atoms in total. The summed E-state index contributed by atoms with van der Waals surface area (Å²) in [4.78, 5) is 27.2. The number of hydrogen-bond acceptors (Lipinski definition) is 4. The Balaban J connectivity index is 2.34. The van der Waals surface area contributed by atoms with Crippen LogP contribution in [-0.4, -0.2) is 50.6 Å². The Morgan fingerprint density at radius 2 is 1.96 bits per heavy atom. The standard InChI is InChI=1S/C21H32N2O4/c1-6-7-11-22-20(24)17-13-23(21(25)14(2)3)12-16(17)15-9-8-10-18(26-4)19(15)27-5/h8-10,14,16-17H,6-7,11-13H2,1-5H3,(H,22,24)/t16-,17+/m0/s1. The number of para-hydroxylation sites is 1. The lowest BCUT2D eigenvalue weighted by Crippen LogP contribution is -2.37. The lowest BCUT2D eigenvalue weighted by Gasteiger charge is -2.21. The van der Waals surface area contributed by atoms with Gasteiger partial charge in [-0.15, -0.1) is 0 Å². The molecule has 1 aromatic rings. The monoisotopic (exact) mass is 376 g/mol. The van der Waals surface area contributed by atoms with Crippen molar-refractivity contribution in [3.05, 3.63) is 23.8 Å². The SMILES string of the molecule is CCCCNC(=O)[C@@H]1CN(C(=O)C(C)C)C[C@H]1c1cccc(OC)c1OC. The van der Waals surface area contributed by atoms with Crippen molar-refractivity contribution >= 4 is 11.8 Å². The zero-order valence-electron chi connectivity index (χ0n) is 17.1. The minimum atomic E-state index is -0.300. The van der Waals surface area contributed by atoms with Crippen LogP contribution >= 0.6 is 0 Å². The Morgan fingerprint density at radius 3 is 2.56 bits per heavy atom. The van der Waals surface area contributed by atoms with Gasteiger partial charge in [-0.3, -0.25) is 9.59 Å². The molecule has 1 saturated heterocycles. The average molecular weight is 376 g/mol. The van der Waals surface area contributed by atoms with E-state index in [9.17, 15) is 9.59 Å². The van der Waals surface area contributed by atoms with E-state index in [1.807, 2.05) is 32.0 Å². The van der Waals surface area contributed by atoms with E-state index in [0.717, 1.165) is 18.4 Å². The Labute approximate surface area is 162 Å². The summed E-state index contributed by atoms with van der Waals surface area (Å²) in [7, 11) is 3.20. The number of carbonyl (C=O) groups is 2. The molecule has 0 saturated carbocycles. The molecule has 6 heteroatoms. The number of nitrogens with zero attached hydrogens (tertiary/aromatic N) is 1. The lowest BCUT2D eigenvalue weighted by atomic mass is 9.87. The van der Waals surface area contributed by atoms with Gasteiger partial charge in [0.25, 0.3) is 0 Å². The molecule has 1 N–H and O–H groups in total. The van der Waals surface area contributed by atoms with Crippen LogP contribution in [0.15, 0.2) is 18.2 Å². The number of likely N-dealkylation sites (tertiary alicyclic amines) is 1. The molecule has 0 aromatic heterocycles. The summed E-state index contributed by atoms with van der Waals surface area (Å²) in [6.07, 6.45) is 1.97. The fourth-order valence-electron chi connectivity index (χ4n) is 3.65. The fraction of sp³-hybridized carbons (Fsp3) is 0.619. The van der Waals surface area contributed by atoms with Gasteiger partial charge in [-0.2, -0.15) is 0 Å². The maximum Gasteiger partial charge on any atom is 0.225 e. The number of ether oxygens (including phenoxy) is 2. The van der Waals surface area contributed by atoms with E-state index in [-0.39, 0.29) is 29.6 Å². The normalized spacial score (nSPS) is 19.3. The molecular weight excluding hydrogens is 344 g/mol. The third-order valence-corrected chi connectivity index (χ3v) is 5.12. The van der Waals surface area contributed by atoms with Gasteiger partial charge in [0.1, 0.15) is 0 Å². The number of nitrogens with one attached hydrogen (secondary N) is 1. The van der Waals surface area contributed by atoms with Gasteiger partial charge in [0.2, 0.25) is 11.8 Å². The zero-order chi connectivity index (χ0) is 20.0. The molecule has 0 unspecified atom stereocenters. The van der Waals surface area contributed by atoms with Gasteiger partial charge in [0, 0.05) is 37.0 Å². The molecule has 1 fully saturated rings. The molecule has 0 bridgehead atoms. The van der Waals surface area contributed by atoms with Crippen LogP contribution in [0.25, 0.3) is 0 Å². The van der Waals surface area contributed by atoms with E-state index in [0.29, 0.717) is 31.1 Å². The van der Waals surface area contributed by atoms with Crippen LogP contribution in [0.3, 0.4) is 0 Å². The van der Waals surface area contributed by atoms with Crippen molar-refractivity contribution in [2.45, 2.75) is 39.5 Å². The van der Waals surface area contributed by atoms with Crippen LogP contribution in [0.1, 0.15) is 45.1 Å². The van der Waals surface area contributed by atoms with Crippen LogP contribution in [0, 0.1) is 11.8 Å². The van der Waals surface area contributed by atoms with Crippen molar-refractivity contribution in [3.8, 4) is 11.5 Å². The van der Waals surface area contributed by atoms with E-state index in [1.165, 1.54) is 0 Å². The molecule has 1 aromatic carbocycles. The van der Waals surface area contributed by atoms with Gasteiger partial charge >= 0.3 is 0 Å². The number of rotatable bonds is 8. The molecule has 0 spiro atoms. The number of unbranched alkanes of at least 4 members (excludes halogenated alkanes) is 1. The highest BCUT2D eigenvalue weighted by Gasteiger charge is 2.42. The molecule has 1 heterocycles. The van der Waals surface area contributed by atoms with E-state index in [2.05, 4.69) is 12.2 Å². The van der Waals surface area contributed by atoms with Gasteiger partial charge in [0.15, 0.2) is 11.5 Å². The summed E-state index contributed by atoms with van der Waals surface area (Å²) < 4.78 is 11.0. The van der Waals surface area contributed by atoms with E-state index < -0.39 is 0 Å². The molecule has 1 aliphatic heterocycles. The summed E-state index contributed by atoms with van der Waals surface area (Å²) in [5, 5.41) is 3.03. The first-order valence-corrected chi connectivity index (χ1v) is 9.71. The third kappa shape index (κ3) is 4.73. The Kier molecular flexibility index (Phi) is 7.51. The zero-order valence-corrected chi connectivity index (χ0v) is 17.1. The largest absolute Gasteiger partial charge is 0.493 e. The Morgan fingerprint density at radius 1 is 1.22 bits per heavy atom. The second-order valence-electron chi connectivity index (χ2n) is 7.34. The van der Waals surface area contributed by atoms with E-state index >= 15 is 0 Å². The summed E-state index contributed by atoms with van der Waals surface area (Å²) in [5.41, 5.74) is 0.909. The smallest absolute Gasteiger partial charge is 0.225 e. The number of carbonyl (C=O) groups excluding carboxylic acids is 2. The number of benzene rings is 1. The van der Waals surface area contributed by atoms with Gasteiger partial charge in [-0.05, 0) is 12.5 Å². The molecule has 2 atom stereocenters. The molecule has 0 radical (unpaired) electrons.